The maximum absolute atomic E-state index is 12.2. The maximum Gasteiger partial charge on any atom is 0.234 e. The van der Waals surface area contributed by atoms with Gasteiger partial charge in [0.15, 0.2) is 11.0 Å². The second-order valence-electron chi connectivity index (χ2n) is 5.85. The number of carbonyl (C=O) groups excluding carboxylic acids is 1. The Labute approximate surface area is 176 Å². The van der Waals surface area contributed by atoms with Crippen LogP contribution in [-0.4, -0.2) is 26.4 Å². The minimum atomic E-state index is -0.208. The van der Waals surface area contributed by atoms with Crippen LogP contribution in [0.5, 0.6) is 0 Å². The van der Waals surface area contributed by atoms with Gasteiger partial charge in [-0.15, -0.1) is 21.5 Å². The predicted molar refractivity (Wildman–Crippen MR) is 114 cm³/mol. The minimum Gasteiger partial charge on any atom is -0.323 e. The van der Waals surface area contributed by atoms with Crippen molar-refractivity contribution < 1.29 is 4.79 Å². The summed E-state index contributed by atoms with van der Waals surface area (Å²) in [6.45, 7) is 2.16. The van der Waals surface area contributed by atoms with E-state index in [9.17, 15) is 4.79 Å². The Morgan fingerprint density at radius 3 is 2.74 bits per heavy atom. The van der Waals surface area contributed by atoms with E-state index in [1.807, 2.05) is 11.6 Å². The zero-order chi connectivity index (χ0) is 19.4. The minimum absolute atomic E-state index is 0.179. The van der Waals surface area contributed by atoms with E-state index < -0.39 is 0 Å². The van der Waals surface area contributed by atoms with Crippen molar-refractivity contribution in [3.8, 4) is 11.4 Å². The van der Waals surface area contributed by atoms with E-state index in [1.54, 1.807) is 29.5 Å². The predicted octanol–water partition coefficient (Wildman–Crippen LogP) is 5.53. The summed E-state index contributed by atoms with van der Waals surface area (Å²) in [4.78, 5) is 13.6. The number of hydrogen-bond donors (Lipinski definition) is 1. The lowest BCUT2D eigenvalue weighted by Gasteiger charge is -2.08. The Morgan fingerprint density at radius 2 is 2.04 bits per heavy atom. The normalized spacial score (nSPS) is 11.0. The van der Waals surface area contributed by atoms with Gasteiger partial charge in [-0.3, -0.25) is 4.79 Å². The molecule has 5 nitrogen and oxygen atoms in total. The number of halogens is 2. The highest BCUT2D eigenvalue weighted by molar-refractivity contribution is 7.99. The van der Waals surface area contributed by atoms with E-state index in [0.29, 0.717) is 20.9 Å². The lowest BCUT2D eigenvalue weighted by molar-refractivity contribution is -0.113. The number of amides is 1. The number of benzene rings is 1. The summed E-state index contributed by atoms with van der Waals surface area (Å²) in [5.41, 5.74) is 1.48. The van der Waals surface area contributed by atoms with Crippen molar-refractivity contribution in [3.63, 3.8) is 0 Å². The smallest absolute Gasteiger partial charge is 0.234 e. The van der Waals surface area contributed by atoms with Crippen molar-refractivity contribution in [2.45, 2.75) is 24.9 Å². The molecule has 0 saturated carbocycles. The molecule has 0 unspecified atom stereocenters. The van der Waals surface area contributed by atoms with Crippen LogP contribution in [0.3, 0.4) is 0 Å². The molecule has 3 aromatic rings. The van der Waals surface area contributed by atoms with Crippen LogP contribution in [0, 0.1) is 0 Å². The van der Waals surface area contributed by atoms with Gasteiger partial charge in [-0.1, -0.05) is 54.4 Å². The monoisotopic (exact) mass is 440 g/mol. The molecule has 0 spiro atoms. The van der Waals surface area contributed by atoms with Crippen LogP contribution in [-0.2, 0) is 18.3 Å². The highest BCUT2D eigenvalue weighted by Crippen LogP contribution is 2.31. The average Bonchev–Trinajstić information content (AvgIpc) is 3.23. The fourth-order valence-electron chi connectivity index (χ4n) is 2.49. The number of para-hydroxylation sites is 1. The summed E-state index contributed by atoms with van der Waals surface area (Å²) in [5.74, 6) is 0.768. The lowest BCUT2D eigenvalue weighted by atomic mass is 10.2. The van der Waals surface area contributed by atoms with Crippen LogP contribution in [0.2, 0.25) is 10.0 Å². The molecule has 0 fully saturated rings. The summed E-state index contributed by atoms with van der Waals surface area (Å²) in [5, 5.41) is 14.8. The van der Waals surface area contributed by atoms with Crippen molar-refractivity contribution in [2.75, 3.05) is 11.1 Å². The summed E-state index contributed by atoms with van der Waals surface area (Å²) in [6, 6.07) is 7.24. The summed E-state index contributed by atoms with van der Waals surface area (Å²) < 4.78 is 1.90. The summed E-state index contributed by atoms with van der Waals surface area (Å²) >= 11 is 15.2. The van der Waals surface area contributed by atoms with E-state index in [0.717, 1.165) is 24.2 Å². The molecule has 1 N–H and O–H groups in total. The summed E-state index contributed by atoms with van der Waals surface area (Å²) in [6.07, 6.45) is 2.18. The third kappa shape index (κ3) is 4.85. The first-order valence-electron chi connectivity index (χ1n) is 8.33. The van der Waals surface area contributed by atoms with Crippen LogP contribution in [0.25, 0.3) is 11.4 Å². The SMILES string of the molecule is CCCc1cc(-c2nnc(SCC(=O)Nc3c(Cl)cccc3Cl)n2C)cs1. The van der Waals surface area contributed by atoms with Crippen LogP contribution in [0.15, 0.2) is 34.8 Å². The zero-order valence-corrected chi connectivity index (χ0v) is 18.0. The molecule has 2 heterocycles. The van der Waals surface area contributed by atoms with Gasteiger partial charge >= 0.3 is 0 Å². The van der Waals surface area contributed by atoms with Gasteiger partial charge in [0.2, 0.25) is 5.91 Å². The molecule has 0 bridgehead atoms. The zero-order valence-electron chi connectivity index (χ0n) is 14.8. The number of aromatic nitrogens is 3. The molecule has 0 aliphatic carbocycles. The van der Waals surface area contributed by atoms with Crippen LogP contribution in [0.4, 0.5) is 5.69 Å². The van der Waals surface area contributed by atoms with Crippen molar-refractivity contribution in [1.82, 2.24) is 14.8 Å². The van der Waals surface area contributed by atoms with E-state index in [2.05, 4.69) is 33.9 Å². The quantitative estimate of drug-likeness (QED) is 0.490. The first-order valence-corrected chi connectivity index (χ1v) is 11.0. The standard InChI is InChI=1S/C18H18Cl2N4OS2/c1-3-5-12-8-11(9-26-12)17-22-23-18(24(17)2)27-10-15(25)21-16-13(19)6-4-7-14(16)20/h4,6-9H,3,5,10H2,1-2H3,(H,21,25). The van der Waals surface area contributed by atoms with Gasteiger partial charge in [-0.25, -0.2) is 0 Å². The lowest BCUT2D eigenvalue weighted by Crippen LogP contribution is -2.15. The number of carbonyl (C=O) groups is 1. The van der Waals surface area contributed by atoms with Crippen molar-refractivity contribution in [2.24, 2.45) is 7.05 Å². The number of aryl methyl sites for hydroxylation is 1. The molecule has 0 saturated heterocycles. The fraction of sp³-hybridized carbons (Fsp3) is 0.278. The highest BCUT2D eigenvalue weighted by atomic mass is 35.5. The largest absolute Gasteiger partial charge is 0.323 e. The van der Waals surface area contributed by atoms with Gasteiger partial charge in [0.25, 0.3) is 0 Å². The first-order chi connectivity index (χ1) is 13.0. The number of rotatable bonds is 7. The Hall–Kier alpha value is -1.54. The van der Waals surface area contributed by atoms with E-state index >= 15 is 0 Å². The molecule has 27 heavy (non-hydrogen) atoms. The number of thiophene rings is 1. The number of nitrogens with zero attached hydrogens (tertiary/aromatic N) is 3. The summed E-state index contributed by atoms with van der Waals surface area (Å²) in [7, 11) is 1.90. The van der Waals surface area contributed by atoms with Crippen LogP contribution < -0.4 is 5.32 Å². The van der Waals surface area contributed by atoms with E-state index in [-0.39, 0.29) is 11.7 Å². The van der Waals surface area contributed by atoms with Crippen LogP contribution in [0.1, 0.15) is 18.2 Å². The second kappa shape index (κ2) is 9.10. The fourth-order valence-corrected chi connectivity index (χ4v) is 4.66. The molecule has 9 heteroatoms. The molecule has 0 aliphatic rings. The maximum atomic E-state index is 12.2. The molecular weight excluding hydrogens is 423 g/mol. The molecular formula is C18H18Cl2N4OS2. The molecule has 0 aliphatic heterocycles. The molecule has 0 atom stereocenters. The Morgan fingerprint density at radius 1 is 1.30 bits per heavy atom. The number of hydrogen-bond acceptors (Lipinski definition) is 5. The van der Waals surface area contributed by atoms with Crippen molar-refractivity contribution in [1.29, 1.82) is 0 Å². The number of anilines is 1. The van der Waals surface area contributed by atoms with Gasteiger partial charge < -0.3 is 9.88 Å². The van der Waals surface area contributed by atoms with Crippen molar-refractivity contribution in [3.05, 3.63) is 44.6 Å². The Kier molecular flexibility index (Phi) is 6.81. The molecule has 1 aromatic carbocycles. The van der Waals surface area contributed by atoms with Gasteiger partial charge in [0, 0.05) is 22.9 Å². The third-order valence-corrected chi connectivity index (χ3v) is 6.45. The molecule has 3 rings (SSSR count). The molecule has 2 aromatic heterocycles. The van der Waals surface area contributed by atoms with Gasteiger partial charge in [-0.05, 0) is 24.6 Å². The van der Waals surface area contributed by atoms with Gasteiger partial charge in [0.1, 0.15) is 0 Å². The Balaban J connectivity index is 1.64. The average molecular weight is 441 g/mol. The second-order valence-corrected chi connectivity index (χ2v) is 8.60. The molecule has 1 amide bonds. The van der Waals surface area contributed by atoms with Crippen LogP contribution >= 0.6 is 46.3 Å². The first kappa shape index (κ1) is 20.2. The van der Waals surface area contributed by atoms with Gasteiger partial charge in [-0.2, -0.15) is 0 Å². The van der Waals surface area contributed by atoms with Crippen molar-refractivity contribution >= 4 is 57.9 Å². The Bertz CT molecular complexity index is 934. The molecule has 0 radical (unpaired) electrons. The molecule has 142 valence electrons. The van der Waals surface area contributed by atoms with E-state index in [4.69, 9.17) is 23.2 Å². The topological polar surface area (TPSA) is 59.8 Å². The van der Waals surface area contributed by atoms with E-state index in [1.165, 1.54) is 16.6 Å². The number of nitrogens with one attached hydrogen (secondary N) is 1. The number of thioether (sulfide) groups is 1. The third-order valence-electron chi connectivity index (χ3n) is 3.80. The highest BCUT2D eigenvalue weighted by Gasteiger charge is 2.15. The van der Waals surface area contributed by atoms with Gasteiger partial charge in [0.05, 0.1) is 21.5 Å².